The highest BCUT2D eigenvalue weighted by atomic mass is 35.5. The van der Waals surface area contributed by atoms with E-state index in [4.69, 9.17) is 32.7 Å². The molecule has 0 unspecified atom stereocenters. The van der Waals surface area contributed by atoms with Gasteiger partial charge in [-0.2, -0.15) is 21.6 Å². The van der Waals surface area contributed by atoms with Crippen LogP contribution in [0.1, 0.15) is 5.56 Å². The van der Waals surface area contributed by atoms with E-state index in [9.17, 15) is 30.9 Å². The molecule has 0 saturated heterocycles. The molecule has 0 atom stereocenters. The van der Waals surface area contributed by atoms with E-state index >= 15 is 0 Å². The van der Waals surface area contributed by atoms with Crippen molar-refractivity contribution < 1.29 is 40.4 Å². The van der Waals surface area contributed by atoms with Gasteiger partial charge in [0.25, 0.3) is 10.1 Å². The molecule has 0 saturated carbocycles. The number of urea groups is 1. The first-order valence-electron chi connectivity index (χ1n) is 11.1. The number of ether oxygens (including phenoxy) is 2. The lowest BCUT2D eigenvalue weighted by molar-refractivity contribution is -0.137. The maximum atomic E-state index is 13.4. The fourth-order valence-corrected chi connectivity index (χ4v) is 4.35. The summed E-state index contributed by atoms with van der Waals surface area (Å²) in [7, 11) is -4.65. The Labute approximate surface area is 236 Å². The van der Waals surface area contributed by atoms with E-state index < -0.39 is 32.8 Å². The second-order valence-electron chi connectivity index (χ2n) is 8.01. The topological polar surface area (TPSA) is 114 Å². The van der Waals surface area contributed by atoms with Crippen molar-refractivity contribution in [2.45, 2.75) is 11.1 Å². The number of carbonyl (C=O) groups excluding carboxylic acids is 1. The number of amides is 2. The molecule has 40 heavy (non-hydrogen) atoms. The molecule has 0 aromatic heterocycles. The van der Waals surface area contributed by atoms with E-state index in [1.54, 1.807) is 12.1 Å². The third kappa shape index (κ3) is 7.36. The number of benzene rings is 4. The van der Waals surface area contributed by atoms with Crippen LogP contribution in [0, 0.1) is 0 Å². The molecule has 3 N–H and O–H groups in total. The first kappa shape index (κ1) is 29.0. The fourth-order valence-electron chi connectivity index (χ4n) is 3.38. The summed E-state index contributed by atoms with van der Waals surface area (Å²) in [6, 6.07) is 16.8. The third-order valence-corrected chi connectivity index (χ3v) is 6.48. The Morgan fingerprint density at radius 2 is 1.38 bits per heavy atom. The highest BCUT2D eigenvalue weighted by molar-refractivity contribution is 7.86. The normalized spacial score (nSPS) is 11.6. The minimum absolute atomic E-state index is 0.0700. The molecule has 208 valence electrons. The molecule has 8 nitrogen and oxygen atoms in total. The van der Waals surface area contributed by atoms with Gasteiger partial charge >= 0.3 is 12.2 Å². The number of para-hydroxylation sites is 1. The number of rotatable bonds is 7. The SMILES string of the molecule is O=C(Nc1cc(C(F)(F)F)ccc1Oc1cccc(Cl)c1)Nc1cc(Cl)ccc1Oc1ccccc1S(=O)(=O)O. The number of alkyl halides is 3. The standard InChI is InChI=1S/C26H17Cl2F3N2O6S/c27-16-4-3-5-18(13-16)38-21-10-8-15(26(29,30)31)12-19(21)32-25(34)33-20-14-17(28)9-11-22(20)39-23-6-1-2-7-24(23)40(35,36)37/h1-14H,(H2,32,33,34)(H,35,36,37). The Hall–Kier alpha value is -3.97. The van der Waals surface area contributed by atoms with Gasteiger partial charge in [-0.05, 0) is 66.7 Å². The summed E-state index contributed by atoms with van der Waals surface area (Å²) in [5.74, 6) is -0.255. The number of hydrogen-bond donors (Lipinski definition) is 3. The van der Waals surface area contributed by atoms with Gasteiger partial charge in [-0.25, -0.2) is 4.79 Å². The van der Waals surface area contributed by atoms with Crippen molar-refractivity contribution in [1.29, 1.82) is 0 Å². The van der Waals surface area contributed by atoms with Crippen LogP contribution in [-0.4, -0.2) is 19.0 Å². The molecule has 0 heterocycles. The van der Waals surface area contributed by atoms with Crippen molar-refractivity contribution in [1.82, 2.24) is 0 Å². The van der Waals surface area contributed by atoms with Crippen LogP contribution < -0.4 is 20.1 Å². The summed E-state index contributed by atoms with van der Waals surface area (Å²) in [5, 5.41) is 5.19. The average Bonchev–Trinajstić information content (AvgIpc) is 2.86. The van der Waals surface area contributed by atoms with Crippen LogP contribution in [0.15, 0.2) is 89.8 Å². The van der Waals surface area contributed by atoms with E-state index in [0.29, 0.717) is 11.1 Å². The van der Waals surface area contributed by atoms with Gasteiger partial charge in [0.05, 0.1) is 16.9 Å². The summed E-state index contributed by atoms with van der Waals surface area (Å²) in [6.45, 7) is 0. The van der Waals surface area contributed by atoms with E-state index in [1.165, 1.54) is 48.5 Å². The molecular weight excluding hydrogens is 596 g/mol. The second-order valence-corrected chi connectivity index (χ2v) is 10.3. The smallest absolute Gasteiger partial charge is 0.416 e. The predicted molar refractivity (Wildman–Crippen MR) is 143 cm³/mol. The Kier molecular flexibility index (Phi) is 8.45. The lowest BCUT2D eigenvalue weighted by Crippen LogP contribution is -2.20. The van der Waals surface area contributed by atoms with Gasteiger partial charge in [0, 0.05) is 10.0 Å². The highest BCUT2D eigenvalue weighted by Gasteiger charge is 2.31. The van der Waals surface area contributed by atoms with Gasteiger partial charge in [-0.15, -0.1) is 0 Å². The number of nitrogens with one attached hydrogen (secondary N) is 2. The molecule has 0 fully saturated rings. The third-order valence-electron chi connectivity index (χ3n) is 5.12. The van der Waals surface area contributed by atoms with Crippen LogP contribution >= 0.6 is 23.2 Å². The molecule has 4 aromatic rings. The van der Waals surface area contributed by atoms with E-state index in [-0.39, 0.29) is 39.4 Å². The summed E-state index contributed by atoms with van der Waals surface area (Å²) in [6.07, 6.45) is -4.71. The van der Waals surface area contributed by atoms with Crippen molar-refractivity contribution in [2.75, 3.05) is 10.6 Å². The molecule has 4 aromatic carbocycles. The second kappa shape index (κ2) is 11.6. The molecule has 2 amide bonds. The van der Waals surface area contributed by atoms with Crippen LogP contribution in [0.5, 0.6) is 23.0 Å². The maximum absolute atomic E-state index is 13.4. The van der Waals surface area contributed by atoms with Gasteiger partial charge in [0.2, 0.25) is 0 Å². The fraction of sp³-hybridized carbons (Fsp3) is 0.0385. The minimum atomic E-state index is -4.71. The average molecular weight is 613 g/mol. The zero-order valence-corrected chi connectivity index (χ0v) is 22.2. The quantitative estimate of drug-likeness (QED) is 0.180. The molecule has 4 rings (SSSR count). The van der Waals surface area contributed by atoms with Gasteiger partial charge in [0.15, 0.2) is 11.5 Å². The van der Waals surface area contributed by atoms with Crippen LogP contribution in [0.3, 0.4) is 0 Å². The summed E-state index contributed by atoms with van der Waals surface area (Å²) >= 11 is 12.0. The Balaban J connectivity index is 1.63. The van der Waals surface area contributed by atoms with Gasteiger partial charge in [-0.1, -0.05) is 41.4 Å². The first-order valence-corrected chi connectivity index (χ1v) is 13.3. The molecule has 0 aliphatic rings. The van der Waals surface area contributed by atoms with Gasteiger partial charge < -0.3 is 20.1 Å². The monoisotopic (exact) mass is 612 g/mol. The van der Waals surface area contributed by atoms with E-state index in [0.717, 1.165) is 18.2 Å². The van der Waals surface area contributed by atoms with Crippen molar-refractivity contribution >= 4 is 50.7 Å². The summed E-state index contributed by atoms with van der Waals surface area (Å²) in [4.78, 5) is 12.4. The van der Waals surface area contributed by atoms with Gasteiger partial charge in [0.1, 0.15) is 16.4 Å². The minimum Gasteiger partial charge on any atom is -0.455 e. The number of anilines is 2. The Bertz CT molecular complexity index is 1680. The maximum Gasteiger partial charge on any atom is 0.416 e. The van der Waals surface area contributed by atoms with E-state index in [2.05, 4.69) is 10.6 Å². The predicted octanol–water partition coefficient (Wildman–Crippen LogP) is 8.49. The van der Waals surface area contributed by atoms with Crippen molar-refractivity contribution in [3.05, 3.63) is 101 Å². The van der Waals surface area contributed by atoms with Gasteiger partial charge in [-0.3, -0.25) is 4.55 Å². The molecule has 0 aliphatic carbocycles. The number of halogens is 5. The summed E-state index contributed by atoms with van der Waals surface area (Å²) in [5.41, 5.74) is -1.44. The molecular formula is C26H17Cl2F3N2O6S. The molecule has 0 spiro atoms. The lowest BCUT2D eigenvalue weighted by Gasteiger charge is -2.17. The number of carbonyl (C=O) groups is 1. The van der Waals surface area contributed by atoms with Crippen molar-refractivity contribution in [2.24, 2.45) is 0 Å². The summed E-state index contributed by atoms with van der Waals surface area (Å²) < 4.78 is 84.4. The molecule has 0 radical (unpaired) electrons. The lowest BCUT2D eigenvalue weighted by atomic mass is 10.1. The number of hydrogen-bond acceptors (Lipinski definition) is 5. The highest BCUT2D eigenvalue weighted by Crippen LogP contribution is 2.38. The van der Waals surface area contributed by atoms with E-state index in [1.807, 2.05) is 0 Å². The van der Waals surface area contributed by atoms with Crippen molar-refractivity contribution in [3.8, 4) is 23.0 Å². The largest absolute Gasteiger partial charge is 0.455 e. The first-order chi connectivity index (χ1) is 18.8. The Morgan fingerprint density at radius 1 is 0.750 bits per heavy atom. The zero-order chi connectivity index (χ0) is 29.1. The zero-order valence-electron chi connectivity index (χ0n) is 19.9. The van der Waals surface area contributed by atoms with Crippen LogP contribution in [-0.2, 0) is 16.3 Å². The van der Waals surface area contributed by atoms with Crippen LogP contribution in [0.25, 0.3) is 0 Å². The Morgan fingerprint density at radius 3 is 2.05 bits per heavy atom. The molecule has 0 aliphatic heterocycles. The molecule has 14 heteroatoms. The van der Waals surface area contributed by atoms with Crippen LogP contribution in [0.2, 0.25) is 10.0 Å². The molecule has 0 bridgehead atoms. The van der Waals surface area contributed by atoms with Crippen LogP contribution in [0.4, 0.5) is 29.3 Å². The van der Waals surface area contributed by atoms with Crippen molar-refractivity contribution in [3.63, 3.8) is 0 Å².